The number of aliphatic imine (C=N–C) groups is 1. The monoisotopic (exact) mass is 504 g/mol. The fraction of sp³-hybridized carbons (Fsp3) is 0.667. The van der Waals surface area contributed by atoms with Crippen molar-refractivity contribution < 1.29 is 9.84 Å². The van der Waals surface area contributed by atoms with Gasteiger partial charge in [-0.15, -0.1) is 24.0 Å². The summed E-state index contributed by atoms with van der Waals surface area (Å²) < 4.78 is 5.46. The number of guanidine groups is 1. The van der Waals surface area contributed by atoms with Crippen LogP contribution in [0.15, 0.2) is 23.2 Å². The third-order valence-corrected chi connectivity index (χ3v) is 4.64. The SMILES string of the molecule is CCNC(=NCc1ccc(O)c(OCC)c1)NC1CCN(CC(C)C)CC1.I. The fourth-order valence-electron chi connectivity index (χ4n) is 3.39. The molecule has 1 aromatic carbocycles. The van der Waals surface area contributed by atoms with Crippen LogP contribution >= 0.6 is 24.0 Å². The third-order valence-electron chi connectivity index (χ3n) is 4.64. The molecule has 0 aliphatic carbocycles. The van der Waals surface area contributed by atoms with E-state index in [9.17, 15) is 5.11 Å². The normalized spacial score (nSPS) is 16.0. The predicted octanol–water partition coefficient (Wildman–Crippen LogP) is 3.58. The lowest BCUT2D eigenvalue weighted by molar-refractivity contribution is 0.187. The van der Waals surface area contributed by atoms with E-state index in [1.54, 1.807) is 6.07 Å². The van der Waals surface area contributed by atoms with Crippen LogP contribution in [0.3, 0.4) is 0 Å². The molecule has 1 aromatic rings. The van der Waals surface area contributed by atoms with Gasteiger partial charge in [0, 0.05) is 32.2 Å². The first-order valence-corrected chi connectivity index (χ1v) is 10.2. The summed E-state index contributed by atoms with van der Waals surface area (Å²) in [4.78, 5) is 7.27. The minimum Gasteiger partial charge on any atom is -0.504 e. The number of phenolic OH excluding ortho intramolecular Hbond substituents is 1. The van der Waals surface area contributed by atoms with Crippen molar-refractivity contribution in [3.8, 4) is 11.5 Å². The molecule has 2 rings (SSSR count). The maximum Gasteiger partial charge on any atom is 0.191 e. The number of halogens is 1. The lowest BCUT2D eigenvalue weighted by Crippen LogP contribution is -2.49. The number of ether oxygens (including phenoxy) is 1. The van der Waals surface area contributed by atoms with Crippen molar-refractivity contribution >= 4 is 29.9 Å². The van der Waals surface area contributed by atoms with E-state index in [-0.39, 0.29) is 29.7 Å². The summed E-state index contributed by atoms with van der Waals surface area (Å²) in [5.41, 5.74) is 1.01. The molecular formula is C21H37IN4O2. The van der Waals surface area contributed by atoms with Gasteiger partial charge in [-0.05, 0) is 50.3 Å². The fourth-order valence-corrected chi connectivity index (χ4v) is 3.39. The second-order valence-corrected chi connectivity index (χ2v) is 7.54. The summed E-state index contributed by atoms with van der Waals surface area (Å²) in [5, 5.41) is 16.8. The Labute approximate surface area is 187 Å². The van der Waals surface area contributed by atoms with Crippen LogP contribution in [0.25, 0.3) is 0 Å². The Hall–Kier alpha value is -1.22. The quantitative estimate of drug-likeness (QED) is 0.287. The van der Waals surface area contributed by atoms with Crippen molar-refractivity contribution in [2.45, 2.75) is 53.1 Å². The van der Waals surface area contributed by atoms with Crippen LogP contribution in [0.1, 0.15) is 46.1 Å². The van der Waals surface area contributed by atoms with Crippen LogP contribution in [0, 0.1) is 5.92 Å². The van der Waals surface area contributed by atoms with Gasteiger partial charge in [-0.25, -0.2) is 4.99 Å². The predicted molar refractivity (Wildman–Crippen MR) is 127 cm³/mol. The van der Waals surface area contributed by atoms with E-state index in [1.807, 2.05) is 19.1 Å². The topological polar surface area (TPSA) is 69.1 Å². The van der Waals surface area contributed by atoms with Crippen molar-refractivity contribution in [3.63, 3.8) is 0 Å². The number of aromatic hydroxyl groups is 1. The van der Waals surface area contributed by atoms with Gasteiger partial charge in [0.25, 0.3) is 0 Å². The number of hydrogen-bond acceptors (Lipinski definition) is 4. The summed E-state index contributed by atoms with van der Waals surface area (Å²) in [6.45, 7) is 13.9. The van der Waals surface area contributed by atoms with Gasteiger partial charge in [0.1, 0.15) is 0 Å². The molecule has 0 spiro atoms. The number of phenols is 1. The Morgan fingerprint density at radius 1 is 1.29 bits per heavy atom. The highest BCUT2D eigenvalue weighted by atomic mass is 127. The summed E-state index contributed by atoms with van der Waals surface area (Å²) in [6.07, 6.45) is 2.29. The van der Waals surface area contributed by atoms with Gasteiger partial charge in [-0.2, -0.15) is 0 Å². The first-order valence-electron chi connectivity index (χ1n) is 10.2. The molecule has 0 bridgehead atoms. The molecule has 0 saturated carbocycles. The van der Waals surface area contributed by atoms with Crippen LogP contribution in [-0.4, -0.2) is 54.8 Å². The van der Waals surface area contributed by atoms with E-state index in [2.05, 4.69) is 36.3 Å². The summed E-state index contributed by atoms with van der Waals surface area (Å²) in [5.74, 6) is 2.26. The minimum atomic E-state index is 0. The number of hydrogen-bond donors (Lipinski definition) is 3. The first kappa shape index (κ1) is 24.8. The maximum absolute atomic E-state index is 9.83. The molecule has 0 amide bonds. The van der Waals surface area contributed by atoms with Gasteiger partial charge < -0.3 is 25.4 Å². The van der Waals surface area contributed by atoms with E-state index in [0.717, 1.165) is 49.9 Å². The zero-order valence-corrected chi connectivity index (χ0v) is 20.0. The highest BCUT2D eigenvalue weighted by molar-refractivity contribution is 14.0. The zero-order valence-electron chi connectivity index (χ0n) is 17.7. The van der Waals surface area contributed by atoms with E-state index in [0.29, 0.717) is 24.9 Å². The average Bonchev–Trinajstić information content (AvgIpc) is 2.63. The highest BCUT2D eigenvalue weighted by Gasteiger charge is 2.20. The molecule has 6 nitrogen and oxygen atoms in total. The van der Waals surface area contributed by atoms with Gasteiger partial charge >= 0.3 is 0 Å². The number of piperidine rings is 1. The van der Waals surface area contributed by atoms with Crippen LogP contribution in [0.4, 0.5) is 0 Å². The van der Waals surface area contributed by atoms with Gasteiger partial charge in [0.2, 0.25) is 0 Å². The summed E-state index contributed by atoms with van der Waals surface area (Å²) in [7, 11) is 0. The minimum absolute atomic E-state index is 0. The summed E-state index contributed by atoms with van der Waals surface area (Å²) >= 11 is 0. The largest absolute Gasteiger partial charge is 0.504 e. The number of nitrogens with one attached hydrogen (secondary N) is 2. The van der Waals surface area contributed by atoms with Crippen LogP contribution in [0.5, 0.6) is 11.5 Å². The lowest BCUT2D eigenvalue weighted by Gasteiger charge is -2.34. The molecule has 160 valence electrons. The Morgan fingerprint density at radius 3 is 2.61 bits per heavy atom. The van der Waals surface area contributed by atoms with Gasteiger partial charge in [-0.3, -0.25) is 0 Å². The maximum atomic E-state index is 9.83. The van der Waals surface area contributed by atoms with E-state index >= 15 is 0 Å². The number of nitrogens with zero attached hydrogens (tertiary/aromatic N) is 2. The van der Waals surface area contributed by atoms with Gasteiger partial charge in [-0.1, -0.05) is 19.9 Å². The van der Waals surface area contributed by atoms with E-state index < -0.39 is 0 Å². The second kappa shape index (κ2) is 13.1. The Morgan fingerprint density at radius 2 is 2.00 bits per heavy atom. The Bertz CT molecular complexity index is 602. The van der Waals surface area contributed by atoms with Crippen LogP contribution in [0.2, 0.25) is 0 Å². The van der Waals surface area contributed by atoms with Crippen molar-refractivity contribution in [1.82, 2.24) is 15.5 Å². The van der Waals surface area contributed by atoms with Crippen LogP contribution < -0.4 is 15.4 Å². The molecule has 28 heavy (non-hydrogen) atoms. The first-order chi connectivity index (χ1) is 13.0. The van der Waals surface area contributed by atoms with E-state index in [4.69, 9.17) is 9.73 Å². The van der Waals surface area contributed by atoms with Crippen molar-refractivity contribution in [3.05, 3.63) is 23.8 Å². The Kier molecular flexibility index (Phi) is 11.6. The molecule has 0 unspecified atom stereocenters. The smallest absolute Gasteiger partial charge is 0.191 e. The molecule has 0 aromatic heterocycles. The zero-order chi connectivity index (χ0) is 19.6. The molecule has 0 atom stereocenters. The molecule has 3 N–H and O–H groups in total. The molecule has 1 heterocycles. The standard InChI is InChI=1S/C21H36N4O2.HI/c1-5-22-21(24-18-9-11-25(12-10-18)15-16(3)4)23-14-17-7-8-19(26)20(13-17)27-6-2;/h7-8,13,16,18,26H,5-6,9-12,14-15H2,1-4H3,(H2,22,23,24);1H. The van der Waals surface area contributed by atoms with Crippen molar-refractivity contribution in [2.24, 2.45) is 10.9 Å². The lowest BCUT2D eigenvalue weighted by atomic mass is 10.0. The highest BCUT2D eigenvalue weighted by Crippen LogP contribution is 2.27. The Balaban J connectivity index is 0.00000392. The molecule has 1 fully saturated rings. The molecule has 0 radical (unpaired) electrons. The molecular weight excluding hydrogens is 467 g/mol. The molecule has 7 heteroatoms. The van der Waals surface area contributed by atoms with Crippen molar-refractivity contribution in [1.29, 1.82) is 0 Å². The number of rotatable bonds is 8. The van der Waals surface area contributed by atoms with Crippen LogP contribution in [-0.2, 0) is 6.54 Å². The van der Waals surface area contributed by atoms with Crippen molar-refractivity contribution in [2.75, 3.05) is 32.8 Å². The second-order valence-electron chi connectivity index (χ2n) is 7.54. The third kappa shape index (κ3) is 8.43. The van der Waals surface area contributed by atoms with Gasteiger partial charge in [0.15, 0.2) is 17.5 Å². The molecule has 1 aliphatic heterocycles. The molecule has 1 aliphatic rings. The average molecular weight is 504 g/mol. The van der Waals surface area contributed by atoms with Gasteiger partial charge in [0.05, 0.1) is 13.2 Å². The number of likely N-dealkylation sites (tertiary alicyclic amines) is 1. The summed E-state index contributed by atoms with van der Waals surface area (Å²) in [6, 6.07) is 5.87. The molecule has 1 saturated heterocycles. The van der Waals surface area contributed by atoms with E-state index in [1.165, 1.54) is 6.54 Å². The number of benzene rings is 1.